The van der Waals surface area contributed by atoms with Crippen LogP contribution >= 0.6 is 11.6 Å². The van der Waals surface area contributed by atoms with Gasteiger partial charge in [0, 0.05) is 5.69 Å². The fourth-order valence-corrected chi connectivity index (χ4v) is 2.58. The molecule has 21 heavy (non-hydrogen) atoms. The maximum absolute atomic E-state index is 9.66. The predicted octanol–water partition coefficient (Wildman–Crippen LogP) is 3.26. The highest BCUT2D eigenvalue weighted by molar-refractivity contribution is 6.32. The average Bonchev–Trinajstić information content (AvgIpc) is 2.53. The zero-order chi connectivity index (χ0) is 14.7. The standard InChI is InChI=1S/C16H16ClNO3/c17-13-8-11(9-15-16(13)21-7-6-20-15)14(10-19)18-12-4-2-1-3-5-12/h1-5,8-9,14,18-19H,6-7,10H2. The van der Waals surface area contributed by atoms with Crippen LogP contribution in [0.3, 0.4) is 0 Å². The summed E-state index contributed by atoms with van der Waals surface area (Å²) in [6, 6.07) is 13.1. The molecule has 0 aliphatic carbocycles. The first-order chi connectivity index (χ1) is 10.3. The Morgan fingerprint density at radius 1 is 1.14 bits per heavy atom. The molecule has 1 aliphatic heterocycles. The fraction of sp³-hybridized carbons (Fsp3) is 0.250. The molecule has 0 saturated carbocycles. The van der Waals surface area contributed by atoms with Crippen molar-refractivity contribution in [2.24, 2.45) is 0 Å². The van der Waals surface area contributed by atoms with Crippen molar-refractivity contribution in [3.05, 3.63) is 53.1 Å². The molecule has 0 radical (unpaired) electrons. The molecule has 1 atom stereocenters. The van der Waals surface area contributed by atoms with Crippen molar-refractivity contribution >= 4 is 17.3 Å². The minimum atomic E-state index is -0.263. The van der Waals surface area contributed by atoms with E-state index >= 15 is 0 Å². The Morgan fingerprint density at radius 2 is 1.90 bits per heavy atom. The van der Waals surface area contributed by atoms with Crippen LogP contribution in [0.5, 0.6) is 11.5 Å². The zero-order valence-electron chi connectivity index (χ0n) is 11.4. The van der Waals surface area contributed by atoms with Crippen molar-refractivity contribution in [3.63, 3.8) is 0 Å². The summed E-state index contributed by atoms with van der Waals surface area (Å²) in [5.74, 6) is 1.19. The monoisotopic (exact) mass is 305 g/mol. The minimum Gasteiger partial charge on any atom is -0.486 e. The van der Waals surface area contributed by atoms with E-state index in [2.05, 4.69) is 5.32 Å². The van der Waals surface area contributed by atoms with Crippen LogP contribution in [0.25, 0.3) is 0 Å². The summed E-state index contributed by atoms with van der Waals surface area (Å²) in [7, 11) is 0. The number of fused-ring (bicyclic) bond motifs is 1. The summed E-state index contributed by atoms with van der Waals surface area (Å²) in [6.07, 6.45) is 0. The highest BCUT2D eigenvalue weighted by Gasteiger charge is 2.20. The van der Waals surface area contributed by atoms with Crippen molar-refractivity contribution < 1.29 is 14.6 Å². The molecule has 1 heterocycles. The van der Waals surface area contributed by atoms with E-state index in [9.17, 15) is 5.11 Å². The molecular weight excluding hydrogens is 290 g/mol. The SMILES string of the molecule is OCC(Nc1ccccc1)c1cc(Cl)c2c(c1)OCCO2. The molecule has 0 spiro atoms. The van der Waals surface area contributed by atoms with Crippen LogP contribution in [-0.4, -0.2) is 24.9 Å². The molecule has 110 valence electrons. The van der Waals surface area contributed by atoms with Crippen LogP contribution in [0.2, 0.25) is 5.02 Å². The normalized spacial score (nSPS) is 14.6. The van der Waals surface area contributed by atoms with E-state index in [0.717, 1.165) is 11.3 Å². The molecule has 1 aliphatic rings. The van der Waals surface area contributed by atoms with Gasteiger partial charge < -0.3 is 19.9 Å². The Hall–Kier alpha value is -1.91. The van der Waals surface area contributed by atoms with Crippen LogP contribution in [-0.2, 0) is 0 Å². The molecule has 1 unspecified atom stereocenters. The molecular formula is C16H16ClNO3. The molecule has 0 saturated heterocycles. The van der Waals surface area contributed by atoms with Gasteiger partial charge >= 0.3 is 0 Å². The third-order valence-corrected chi connectivity index (χ3v) is 3.60. The maximum atomic E-state index is 9.66. The lowest BCUT2D eigenvalue weighted by Gasteiger charge is -2.23. The van der Waals surface area contributed by atoms with Crippen molar-refractivity contribution in [1.82, 2.24) is 0 Å². The first-order valence-corrected chi connectivity index (χ1v) is 7.17. The smallest absolute Gasteiger partial charge is 0.179 e. The number of aliphatic hydroxyl groups excluding tert-OH is 1. The molecule has 3 rings (SSSR count). The second-order valence-corrected chi connectivity index (χ2v) is 5.18. The Kier molecular flexibility index (Phi) is 4.18. The van der Waals surface area contributed by atoms with E-state index in [1.54, 1.807) is 6.07 Å². The van der Waals surface area contributed by atoms with Gasteiger partial charge in [-0.1, -0.05) is 29.8 Å². The molecule has 0 fully saturated rings. The molecule has 0 aromatic heterocycles. The summed E-state index contributed by atoms with van der Waals surface area (Å²) in [4.78, 5) is 0. The highest BCUT2D eigenvalue weighted by atomic mass is 35.5. The van der Waals surface area contributed by atoms with Crippen molar-refractivity contribution in [2.75, 3.05) is 25.1 Å². The van der Waals surface area contributed by atoms with Crippen LogP contribution in [0, 0.1) is 0 Å². The lowest BCUT2D eigenvalue weighted by Crippen LogP contribution is -2.18. The van der Waals surface area contributed by atoms with Crippen LogP contribution in [0.1, 0.15) is 11.6 Å². The van der Waals surface area contributed by atoms with Gasteiger partial charge in [-0.05, 0) is 29.8 Å². The molecule has 2 aromatic carbocycles. The first kappa shape index (κ1) is 14.0. The van der Waals surface area contributed by atoms with Gasteiger partial charge in [0.1, 0.15) is 13.2 Å². The lowest BCUT2D eigenvalue weighted by molar-refractivity contribution is 0.171. The van der Waals surface area contributed by atoms with Crippen LogP contribution in [0.15, 0.2) is 42.5 Å². The Balaban J connectivity index is 1.88. The third kappa shape index (κ3) is 3.06. The van der Waals surface area contributed by atoms with Gasteiger partial charge in [0.15, 0.2) is 11.5 Å². The number of hydrogen-bond acceptors (Lipinski definition) is 4. The van der Waals surface area contributed by atoms with Crippen molar-refractivity contribution in [2.45, 2.75) is 6.04 Å². The van der Waals surface area contributed by atoms with Gasteiger partial charge in [-0.3, -0.25) is 0 Å². The van der Waals surface area contributed by atoms with Gasteiger partial charge in [-0.2, -0.15) is 0 Å². The number of rotatable bonds is 4. The van der Waals surface area contributed by atoms with Crippen molar-refractivity contribution in [3.8, 4) is 11.5 Å². The number of halogens is 1. The number of anilines is 1. The van der Waals surface area contributed by atoms with Crippen LogP contribution in [0.4, 0.5) is 5.69 Å². The summed E-state index contributed by atoms with van der Waals surface area (Å²) in [5, 5.41) is 13.4. The Bertz CT molecular complexity index is 618. The zero-order valence-corrected chi connectivity index (χ0v) is 12.1. The molecule has 0 bridgehead atoms. The molecule has 0 amide bonds. The van der Waals surface area contributed by atoms with E-state index in [4.69, 9.17) is 21.1 Å². The number of ether oxygens (including phenoxy) is 2. The third-order valence-electron chi connectivity index (χ3n) is 3.32. The Morgan fingerprint density at radius 3 is 2.67 bits per heavy atom. The average molecular weight is 306 g/mol. The molecule has 2 aromatic rings. The van der Waals surface area contributed by atoms with Gasteiger partial charge in [0.05, 0.1) is 17.7 Å². The quantitative estimate of drug-likeness (QED) is 0.910. The topological polar surface area (TPSA) is 50.7 Å². The summed E-state index contributed by atoms with van der Waals surface area (Å²) in [6.45, 7) is 0.950. The van der Waals surface area contributed by atoms with E-state index in [-0.39, 0.29) is 12.6 Å². The van der Waals surface area contributed by atoms with E-state index in [1.165, 1.54) is 0 Å². The van der Waals surface area contributed by atoms with Gasteiger partial charge in [0.25, 0.3) is 0 Å². The first-order valence-electron chi connectivity index (χ1n) is 6.79. The molecule has 5 heteroatoms. The maximum Gasteiger partial charge on any atom is 0.179 e. The summed E-state index contributed by atoms with van der Waals surface area (Å²) < 4.78 is 11.1. The van der Waals surface area contributed by atoms with Gasteiger partial charge in [-0.25, -0.2) is 0 Å². The minimum absolute atomic E-state index is 0.0507. The van der Waals surface area contributed by atoms with Gasteiger partial charge in [0.2, 0.25) is 0 Å². The second kappa shape index (κ2) is 6.24. The number of aliphatic hydroxyl groups is 1. The highest BCUT2D eigenvalue weighted by Crippen LogP contribution is 2.40. The van der Waals surface area contributed by atoms with E-state index in [1.807, 2.05) is 36.4 Å². The fourth-order valence-electron chi connectivity index (χ4n) is 2.30. The largest absolute Gasteiger partial charge is 0.486 e. The van der Waals surface area contributed by atoms with Crippen molar-refractivity contribution in [1.29, 1.82) is 0 Å². The summed E-state index contributed by atoms with van der Waals surface area (Å²) in [5.41, 5.74) is 1.79. The van der Waals surface area contributed by atoms with E-state index < -0.39 is 0 Å². The predicted molar refractivity (Wildman–Crippen MR) is 82.3 cm³/mol. The Labute approximate surface area is 128 Å². The number of para-hydroxylation sites is 1. The lowest BCUT2D eigenvalue weighted by atomic mass is 10.1. The van der Waals surface area contributed by atoms with Gasteiger partial charge in [-0.15, -0.1) is 0 Å². The second-order valence-electron chi connectivity index (χ2n) is 4.77. The molecule has 2 N–H and O–H groups in total. The number of hydrogen-bond donors (Lipinski definition) is 2. The van der Waals surface area contributed by atoms with E-state index in [0.29, 0.717) is 29.7 Å². The van der Waals surface area contributed by atoms with Crippen LogP contribution < -0.4 is 14.8 Å². The summed E-state index contributed by atoms with van der Waals surface area (Å²) >= 11 is 6.24. The molecule has 4 nitrogen and oxygen atoms in total. The number of nitrogens with one attached hydrogen (secondary N) is 1. The number of benzene rings is 2.